The SMILES string of the molecule is CN[C@@H](CCC(=O)O)C(=O)O.CN[C@@H](Cc1cnc[nH]1)C(=O)O. The van der Waals surface area contributed by atoms with E-state index in [1.807, 2.05) is 0 Å². The van der Waals surface area contributed by atoms with Gasteiger partial charge in [-0.3, -0.25) is 14.4 Å². The molecule has 10 heteroatoms. The van der Waals surface area contributed by atoms with Crippen molar-refractivity contribution < 1.29 is 29.7 Å². The molecule has 0 aliphatic rings. The lowest BCUT2D eigenvalue weighted by Gasteiger charge is -2.08. The summed E-state index contributed by atoms with van der Waals surface area (Å²) >= 11 is 0. The van der Waals surface area contributed by atoms with E-state index in [1.165, 1.54) is 13.4 Å². The number of hydrogen-bond acceptors (Lipinski definition) is 6. The second-order valence-corrected chi connectivity index (χ2v) is 4.57. The van der Waals surface area contributed by atoms with Crippen LogP contribution in [0.4, 0.5) is 0 Å². The number of imidazole rings is 1. The molecule has 1 aromatic rings. The Morgan fingerprint density at radius 2 is 1.70 bits per heavy atom. The lowest BCUT2D eigenvalue weighted by Crippen LogP contribution is -2.35. The molecule has 0 aromatic carbocycles. The van der Waals surface area contributed by atoms with Crippen LogP contribution in [0.15, 0.2) is 12.5 Å². The zero-order valence-corrected chi connectivity index (χ0v) is 12.9. The van der Waals surface area contributed by atoms with Crippen LogP contribution in [0.1, 0.15) is 18.5 Å². The van der Waals surface area contributed by atoms with Crippen LogP contribution in [-0.4, -0.2) is 69.4 Å². The van der Waals surface area contributed by atoms with Crippen LogP contribution < -0.4 is 10.6 Å². The van der Waals surface area contributed by atoms with E-state index in [0.29, 0.717) is 6.42 Å². The summed E-state index contributed by atoms with van der Waals surface area (Å²) in [7, 11) is 3.11. The molecule has 0 radical (unpaired) electrons. The van der Waals surface area contributed by atoms with Crippen LogP contribution in [0, 0.1) is 0 Å². The van der Waals surface area contributed by atoms with Crippen LogP contribution in [0.3, 0.4) is 0 Å². The number of likely N-dealkylation sites (N-methyl/N-ethyl adjacent to an activating group) is 2. The zero-order chi connectivity index (χ0) is 17.8. The number of carbonyl (C=O) groups is 3. The monoisotopic (exact) mass is 330 g/mol. The summed E-state index contributed by atoms with van der Waals surface area (Å²) in [6, 6.07) is -1.31. The number of H-pyrrole nitrogens is 1. The van der Waals surface area contributed by atoms with Crippen LogP contribution in [-0.2, 0) is 20.8 Å². The number of aliphatic carboxylic acids is 3. The highest BCUT2D eigenvalue weighted by Crippen LogP contribution is 1.97. The Labute approximate surface area is 132 Å². The maximum Gasteiger partial charge on any atom is 0.321 e. The average Bonchev–Trinajstić information content (AvgIpc) is 2.98. The molecule has 23 heavy (non-hydrogen) atoms. The number of hydrogen-bond donors (Lipinski definition) is 6. The second-order valence-electron chi connectivity index (χ2n) is 4.57. The topological polar surface area (TPSA) is 165 Å². The summed E-state index contributed by atoms with van der Waals surface area (Å²) in [5, 5.41) is 30.5. The summed E-state index contributed by atoms with van der Waals surface area (Å²) in [4.78, 5) is 37.5. The summed E-state index contributed by atoms with van der Waals surface area (Å²) in [6.45, 7) is 0. The van der Waals surface area contributed by atoms with Gasteiger partial charge in [0.2, 0.25) is 0 Å². The van der Waals surface area contributed by atoms with Gasteiger partial charge in [0, 0.05) is 24.7 Å². The van der Waals surface area contributed by atoms with E-state index in [1.54, 1.807) is 13.2 Å². The van der Waals surface area contributed by atoms with Gasteiger partial charge in [0.15, 0.2) is 0 Å². The van der Waals surface area contributed by atoms with E-state index < -0.39 is 30.0 Å². The third-order valence-corrected chi connectivity index (χ3v) is 2.92. The Morgan fingerprint density at radius 1 is 1.13 bits per heavy atom. The van der Waals surface area contributed by atoms with E-state index in [4.69, 9.17) is 15.3 Å². The molecule has 2 atom stereocenters. The number of nitrogens with zero attached hydrogens (tertiary/aromatic N) is 1. The molecular formula is C13H22N4O6. The first kappa shape index (κ1) is 20.5. The van der Waals surface area contributed by atoms with Crippen molar-refractivity contribution in [3.05, 3.63) is 18.2 Å². The standard InChI is InChI=1S/C7H11N3O2.C6H11NO4/c1-8-6(7(11)12)2-5-3-9-4-10-5;1-7-4(6(10)11)2-3-5(8)9/h3-4,6,8H,2H2,1H3,(H,9,10)(H,11,12);4,7H,2-3H2,1H3,(H,8,9)(H,10,11)/t6-;4-/m00/s1. The predicted molar refractivity (Wildman–Crippen MR) is 80.1 cm³/mol. The van der Waals surface area contributed by atoms with E-state index in [9.17, 15) is 14.4 Å². The van der Waals surface area contributed by atoms with Crippen LogP contribution >= 0.6 is 0 Å². The normalized spacial score (nSPS) is 12.6. The molecule has 0 saturated carbocycles. The fourth-order valence-corrected chi connectivity index (χ4v) is 1.59. The molecule has 0 unspecified atom stereocenters. The van der Waals surface area contributed by atoms with Crippen molar-refractivity contribution in [2.45, 2.75) is 31.3 Å². The van der Waals surface area contributed by atoms with Gasteiger partial charge in [-0.05, 0) is 20.5 Å². The van der Waals surface area contributed by atoms with Gasteiger partial charge in [-0.25, -0.2) is 4.98 Å². The smallest absolute Gasteiger partial charge is 0.321 e. The minimum Gasteiger partial charge on any atom is -0.481 e. The Morgan fingerprint density at radius 3 is 2.04 bits per heavy atom. The molecule has 1 heterocycles. The molecule has 0 fully saturated rings. The maximum absolute atomic E-state index is 10.6. The first-order chi connectivity index (χ1) is 10.8. The van der Waals surface area contributed by atoms with Gasteiger partial charge < -0.3 is 30.9 Å². The number of carboxylic acids is 3. The summed E-state index contributed by atoms with van der Waals surface area (Å²) in [5.74, 6) is -2.85. The van der Waals surface area contributed by atoms with Gasteiger partial charge in [-0.2, -0.15) is 0 Å². The highest BCUT2D eigenvalue weighted by Gasteiger charge is 2.16. The predicted octanol–water partition coefficient (Wildman–Crippen LogP) is -0.851. The number of carboxylic acid groups (broad SMARTS) is 3. The third kappa shape index (κ3) is 9.22. The van der Waals surface area contributed by atoms with Crippen molar-refractivity contribution >= 4 is 17.9 Å². The van der Waals surface area contributed by atoms with Crippen LogP contribution in [0.25, 0.3) is 0 Å². The van der Waals surface area contributed by atoms with Crippen molar-refractivity contribution in [1.29, 1.82) is 0 Å². The lowest BCUT2D eigenvalue weighted by atomic mass is 10.1. The third-order valence-electron chi connectivity index (χ3n) is 2.92. The number of aromatic amines is 1. The molecule has 0 spiro atoms. The molecule has 6 N–H and O–H groups in total. The van der Waals surface area contributed by atoms with Crippen molar-refractivity contribution in [1.82, 2.24) is 20.6 Å². The van der Waals surface area contributed by atoms with Crippen molar-refractivity contribution in [3.8, 4) is 0 Å². The largest absolute Gasteiger partial charge is 0.481 e. The molecule has 0 saturated heterocycles. The maximum atomic E-state index is 10.6. The van der Waals surface area contributed by atoms with E-state index in [2.05, 4.69) is 20.6 Å². The van der Waals surface area contributed by atoms with Gasteiger partial charge in [0.25, 0.3) is 0 Å². The molecule has 1 aromatic heterocycles. The number of aromatic nitrogens is 2. The highest BCUT2D eigenvalue weighted by atomic mass is 16.4. The van der Waals surface area contributed by atoms with Gasteiger partial charge in [-0.1, -0.05) is 0 Å². The Balaban J connectivity index is 0.000000423. The highest BCUT2D eigenvalue weighted by molar-refractivity contribution is 5.75. The minimum absolute atomic E-state index is 0.112. The lowest BCUT2D eigenvalue weighted by molar-refractivity contribution is -0.141. The molecule has 130 valence electrons. The Hall–Kier alpha value is -2.46. The first-order valence-electron chi connectivity index (χ1n) is 6.81. The Kier molecular flexibility index (Phi) is 9.96. The molecule has 0 amide bonds. The minimum atomic E-state index is -1.02. The van der Waals surface area contributed by atoms with Crippen molar-refractivity contribution in [3.63, 3.8) is 0 Å². The van der Waals surface area contributed by atoms with Crippen molar-refractivity contribution in [2.24, 2.45) is 0 Å². The number of rotatable bonds is 9. The second kappa shape index (κ2) is 11.2. The van der Waals surface area contributed by atoms with Gasteiger partial charge in [0.05, 0.1) is 6.33 Å². The van der Waals surface area contributed by atoms with E-state index in [-0.39, 0.29) is 12.8 Å². The fraction of sp³-hybridized carbons (Fsp3) is 0.538. The molecule has 0 bridgehead atoms. The summed E-state index contributed by atoms with van der Waals surface area (Å²) < 4.78 is 0. The van der Waals surface area contributed by atoms with Gasteiger partial charge in [0.1, 0.15) is 12.1 Å². The molecule has 0 aliphatic heterocycles. The molecule has 1 rings (SSSR count). The van der Waals surface area contributed by atoms with E-state index >= 15 is 0 Å². The molecule has 10 nitrogen and oxygen atoms in total. The van der Waals surface area contributed by atoms with E-state index in [0.717, 1.165) is 5.69 Å². The first-order valence-corrected chi connectivity index (χ1v) is 6.81. The zero-order valence-electron chi connectivity index (χ0n) is 12.9. The molecular weight excluding hydrogens is 308 g/mol. The van der Waals surface area contributed by atoms with Crippen LogP contribution in [0.5, 0.6) is 0 Å². The molecule has 0 aliphatic carbocycles. The summed E-state index contributed by atoms with van der Waals surface area (Å²) in [5.41, 5.74) is 0.816. The average molecular weight is 330 g/mol. The number of nitrogens with one attached hydrogen (secondary N) is 3. The fourth-order valence-electron chi connectivity index (χ4n) is 1.59. The van der Waals surface area contributed by atoms with Gasteiger partial charge >= 0.3 is 17.9 Å². The quantitative estimate of drug-likeness (QED) is 0.338. The van der Waals surface area contributed by atoms with Crippen LogP contribution in [0.2, 0.25) is 0 Å². The van der Waals surface area contributed by atoms with Crippen molar-refractivity contribution in [2.75, 3.05) is 14.1 Å². The Bertz CT molecular complexity index is 491. The van der Waals surface area contributed by atoms with Gasteiger partial charge in [-0.15, -0.1) is 0 Å². The summed E-state index contributed by atoms with van der Waals surface area (Å²) in [6.07, 6.45) is 3.56.